The van der Waals surface area contributed by atoms with Crippen molar-refractivity contribution in [3.8, 4) is 5.75 Å². The van der Waals surface area contributed by atoms with Gasteiger partial charge < -0.3 is 4.84 Å². The summed E-state index contributed by atoms with van der Waals surface area (Å²) in [6.45, 7) is 0. The summed E-state index contributed by atoms with van der Waals surface area (Å²) in [5.41, 5.74) is 0. The monoisotopic (exact) mass is 178 g/mol. The van der Waals surface area contributed by atoms with Crippen molar-refractivity contribution in [3.05, 3.63) is 48.5 Å². The fraction of sp³-hybridized carbons (Fsp3) is 0. The number of hydrogen-bond donors (Lipinski definition) is 0. The van der Waals surface area contributed by atoms with E-state index in [0.717, 1.165) is 0 Å². The Bertz CT molecular complexity index is 386. The van der Waals surface area contributed by atoms with E-state index in [4.69, 9.17) is 4.84 Å². The first-order valence-electron chi connectivity index (χ1n) is 3.79. The van der Waals surface area contributed by atoms with E-state index in [1.165, 1.54) is 17.0 Å². The molecule has 2 aromatic rings. The topological polar surface area (TPSA) is 27.1 Å². The third-order valence-electron chi connectivity index (χ3n) is 1.51. The van der Waals surface area contributed by atoms with E-state index in [9.17, 15) is 4.39 Å². The number of rotatable bonds is 2. The molecule has 0 aliphatic heterocycles. The Hall–Kier alpha value is -1.84. The van der Waals surface area contributed by atoms with Crippen molar-refractivity contribution >= 4 is 0 Å². The molecule has 0 bridgehead atoms. The van der Waals surface area contributed by atoms with E-state index in [0.29, 0.717) is 0 Å². The molecule has 0 aliphatic carbocycles. The molecule has 0 spiro atoms. The summed E-state index contributed by atoms with van der Waals surface area (Å²) in [5.74, 6) is -0.246. The molecule has 0 N–H and O–H groups in total. The number of benzene rings is 1. The molecule has 4 heteroatoms. The zero-order chi connectivity index (χ0) is 9.10. The van der Waals surface area contributed by atoms with Crippen LogP contribution in [0.5, 0.6) is 5.75 Å². The number of aromatic nitrogens is 2. The second kappa shape index (κ2) is 3.26. The lowest BCUT2D eigenvalue weighted by molar-refractivity contribution is 0.170. The van der Waals surface area contributed by atoms with Crippen molar-refractivity contribution < 1.29 is 9.23 Å². The van der Waals surface area contributed by atoms with Crippen LogP contribution in [-0.2, 0) is 0 Å². The SMILES string of the molecule is Fc1ccccc1On1cccn1. The second-order valence-electron chi connectivity index (χ2n) is 2.43. The Balaban J connectivity index is 2.24. The van der Waals surface area contributed by atoms with E-state index in [2.05, 4.69) is 5.10 Å². The van der Waals surface area contributed by atoms with Crippen LogP contribution in [0.4, 0.5) is 4.39 Å². The van der Waals surface area contributed by atoms with E-state index >= 15 is 0 Å². The van der Waals surface area contributed by atoms with Crippen LogP contribution >= 0.6 is 0 Å². The molecule has 1 aromatic heterocycles. The molecule has 0 atom stereocenters. The summed E-state index contributed by atoms with van der Waals surface area (Å²) >= 11 is 0. The average Bonchev–Trinajstić information content (AvgIpc) is 2.61. The van der Waals surface area contributed by atoms with Crippen LogP contribution in [0.15, 0.2) is 42.7 Å². The van der Waals surface area contributed by atoms with E-state index < -0.39 is 5.82 Å². The predicted octanol–water partition coefficient (Wildman–Crippen LogP) is 1.86. The maximum Gasteiger partial charge on any atom is 0.193 e. The van der Waals surface area contributed by atoms with Crippen molar-refractivity contribution in [3.63, 3.8) is 0 Å². The van der Waals surface area contributed by atoms with Gasteiger partial charge in [-0.2, -0.15) is 0 Å². The van der Waals surface area contributed by atoms with E-state index in [1.54, 1.807) is 30.6 Å². The fourth-order valence-corrected chi connectivity index (χ4v) is 0.928. The molecule has 0 aliphatic rings. The minimum absolute atomic E-state index is 0.159. The van der Waals surface area contributed by atoms with Gasteiger partial charge in [0.1, 0.15) is 0 Å². The van der Waals surface area contributed by atoms with Gasteiger partial charge in [-0.25, -0.2) is 4.39 Å². The summed E-state index contributed by atoms with van der Waals surface area (Å²) in [6.07, 6.45) is 3.15. The molecule has 3 nitrogen and oxygen atoms in total. The Kier molecular flexibility index (Phi) is 1.96. The van der Waals surface area contributed by atoms with Gasteiger partial charge in [-0.15, -0.1) is 9.94 Å². The quantitative estimate of drug-likeness (QED) is 0.701. The van der Waals surface area contributed by atoms with Gasteiger partial charge >= 0.3 is 0 Å². The summed E-state index contributed by atoms with van der Waals surface area (Å²) in [5, 5.41) is 3.78. The molecule has 13 heavy (non-hydrogen) atoms. The van der Waals surface area contributed by atoms with Crippen LogP contribution in [-0.4, -0.2) is 9.94 Å². The van der Waals surface area contributed by atoms with Crippen molar-refractivity contribution in [2.45, 2.75) is 0 Å². The number of nitrogens with zero attached hydrogens (tertiary/aromatic N) is 2. The summed E-state index contributed by atoms with van der Waals surface area (Å²) in [4.78, 5) is 6.27. The molecule has 0 saturated heterocycles. The van der Waals surface area contributed by atoms with Gasteiger partial charge in [-0.1, -0.05) is 12.1 Å². The Morgan fingerprint density at radius 2 is 2.08 bits per heavy atom. The molecule has 0 radical (unpaired) electrons. The Morgan fingerprint density at radius 1 is 1.23 bits per heavy atom. The molecule has 0 saturated carbocycles. The number of para-hydroxylation sites is 1. The maximum atomic E-state index is 13.0. The molecule has 0 amide bonds. The van der Waals surface area contributed by atoms with E-state index in [1.807, 2.05) is 0 Å². The van der Waals surface area contributed by atoms with Crippen LogP contribution < -0.4 is 4.84 Å². The molecule has 1 aromatic carbocycles. The Morgan fingerprint density at radius 3 is 2.77 bits per heavy atom. The minimum atomic E-state index is -0.405. The first kappa shape index (κ1) is 7.79. The normalized spacial score (nSPS) is 9.92. The highest BCUT2D eigenvalue weighted by Gasteiger charge is 2.01. The zero-order valence-electron chi connectivity index (χ0n) is 6.72. The van der Waals surface area contributed by atoms with Crippen LogP contribution in [0.25, 0.3) is 0 Å². The molecular formula is C9H7FN2O. The lowest BCUT2D eigenvalue weighted by Crippen LogP contribution is -2.06. The van der Waals surface area contributed by atoms with E-state index in [-0.39, 0.29) is 5.75 Å². The maximum absolute atomic E-state index is 13.0. The molecule has 0 fully saturated rings. The molecule has 2 rings (SSSR count). The lowest BCUT2D eigenvalue weighted by atomic mass is 10.3. The van der Waals surface area contributed by atoms with Gasteiger partial charge in [0.2, 0.25) is 0 Å². The molecule has 66 valence electrons. The summed E-state index contributed by atoms with van der Waals surface area (Å²) < 4.78 is 13.0. The minimum Gasteiger partial charge on any atom is -0.355 e. The largest absolute Gasteiger partial charge is 0.355 e. The van der Waals surface area contributed by atoms with Gasteiger partial charge in [-0.05, 0) is 18.2 Å². The zero-order valence-corrected chi connectivity index (χ0v) is 6.72. The summed E-state index contributed by atoms with van der Waals surface area (Å²) in [6, 6.07) is 7.86. The smallest absolute Gasteiger partial charge is 0.193 e. The lowest BCUT2D eigenvalue weighted by Gasteiger charge is -2.03. The predicted molar refractivity (Wildman–Crippen MR) is 44.7 cm³/mol. The van der Waals surface area contributed by atoms with Gasteiger partial charge in [0.05, 0.1) is 12.4 Å². The Labute approximate surface area is 74.3 Å². The third-order valence-corrected chi connectivity index (χ3v) is 1.51. The first-order valence-corrected chi connectivity index (χ1v) is 3.79. The third kappa shape index (κ3) is 1.66. The highest BCUT2D eigenvalue weighted by atomic mass is 19.1. The first-order chi connectivity index (χ1) is 6.36. The van der Waals surface area contributed by atoms with Gasteiger partial charge in [-0.3, -0.25) is 0 Å². The van der Waals surface area contributed by atoms with Gasteiger partial charge in [0.25, 0.3) is 0 Å². The number of halogens is 1. The van der Waals surface area contributed by atoms with Crippen LogP contribution in [0.3, 0.4) is 0 Å². The fourth-order valence-electron chi connectivity index (χ4n) is 0.928. The van der Waals surface area contributed by atoms with Gasteiger partial charge in [0, 0.05) is 0 Å². The standard InChI is InChI=1S/C9H7FN2O/c10-8-4-1-2-5-9(8)13-12-7-3-6-11-12/h1-7H. The van der Waals surface area contributed by atoms with Crippen LogP contribution in [0.1, 0.15) is 0 Å². The molecular weight excluding hydrogens is 171 g/mol. The second-order valence-corrected chi connectivity index (χ2v) is 2.43. The van der Waals surface area contributed by atoms with Crippen LogP contribution in [0.2, 0.25) is 0 Å². The van der Waals surface area contributed by atoms with Crippen LogP contribution in [0, 0.1) is 5.82 Å². The van der Waals surface area contributed by atoms with Crippen molar-refractivity contribution in [1.82, 2.24) is 9.94 Å². The molecule has 1 heterocycles. The molecule has 0 unspecified atom stereocenters. The average molecular weight is 178 g/mol. The summed E-state index contributed by atoms with van der Waals surface area (Å²) in [7, 11) is 0. The highest BCUT2D eigenvalue weighted by Crippen LogP contribution is 2.15. The van der Waals surface area contributed by atoms with Crippen molar-refractivity contribution in [1.29, 1.82) is 0 Å². The van der Waals surface area contributed by atoms with Gasteiger partial charge in [0.15, 0.2) is 11.6 Å². The highest BCUT2D eigenvalue weighted by molar-refractivity contribution is 5.23. The van der Waals surface area contributed by atoms with Crippen molar-refractivity contribution in [2.24, 2.45) is 0 Å². The number of hydrogen-bond acceptors (Lipinski definition) is 2. The van der Waals surface area contributed by atoms with Crippen molar-refractivity contribution in [2.75, 3.05) is 0 Å².